The second-order valence-electron chi connectivity index (χ2n) is 9.22. The van der Waals surface area contributed by atoms with E-state index in [0.29, 0.717) is 5.56 Å². The van der Waals surface area contributed by atoms with Crippen molar-refractivity contribution in [3.63, 3.8) is 0 Å². The van der Waals surface area contributed by atoms with Gasteiger partial charge in [-0.3, -0.25) is 0 Å². The van der Waals surface area contributed by atoms with Crippen LogP contribution in [0.5, 0.6) is 5.75 Å². The molecule has 1 N–H and O–H groups in total. The van der Waals surface area contributed by atoms with Crippen molar-refractivity contribution in [1.29, 1.82) is 0 Å². The largest absolute Gasteiger partial charge is 0.488 e. The number of carboxylic acid groups (broad SMARTS) is 1. The van der Waals surface area contributed by atoms with Crippen LogP contribution in [0.15, 0.2) is 12.1 Å². The summed E-state index contributed by atoms with van der Waals surface area (Å²) in [6, 6.07) is 2.39. The molecule has 0 aromatic heterocycles. The number of halogens is 2. The normalized spacial score (nSPS) is 25.3. The highest BCUT2D eigenvalue weighted by molar-refractivity contribution is 6.74. The molecule has 0 bridgehead atoms. The molecule has 0 aliphatic carbocycles. The van der Waals surface area contributed by atoms with Crippen LogP contribution in [0.4, 0.5) is 8.78 Å². The molecule has 0 spiro atoms. The number of carbonyl (C=O) groups is 1. The summed E-state index contributed by atoms with van der Waals surface area (Å²) >= 11 is 0. The highest BCUT2D eigenvalue weighted by Crippen LogP contribution is 2.44. The molecule has 1 aromatic rings. The van der Waals surface area contributed by atoms with Crippen molar-refractivity contribution in [1.82, 2.24) is 0 Å². The van der Waals surface area contributed by atoms with Gasteiger partial charge in [0.2, 0.25) is 5.82 Å². The van der Waals surface area contributed by atoms with Crippen molar-refractivity contribution >= 4 is 14.3 Å². The van der Waals surface area contributed by atoms with Gasteiger partial charge in [0.15, 0.2) is 26.0 Å². The van der Waals surface area contributed by atoms with Crippen molar-refractivity contribution in [2.75, 3.05) is 13.2 Å². The zero-order chi connectivity index (χ0) is 22.1. The summed E-state index contributed by atoms with van der Waals surface area (Å²) < 4.78 is 45.7. The summed E-state index contributed by atoms with van der Waals surface area (Å²) in [6.45, 7) is 14.4. The second-order valence-corrected chi connectivity index (χ2v) is 14.0. The van der Waals surface area contributed by atoms with E-state index in [1.54, 1.807) is 6.92 Å². The minimum Gasteiger partial charge on any atom is -0.488 e. The predicted octanol–water partition coefficient (Wildman–Crippen LogP) is 4.96. The van der Waals surface area contributed by atoms with Crippen LogP contribution in [0.2, 0.25) is 18.1 Å². The fourth-order valence-corrected chi connectivity index (χ4v) is 4.31. The molecular weight excluding hydrogens is 398 g/mol. The average molecular weight is 431 g/mol. The minimum atomic E-state index is -2.00. The monoisotopic (exact) mass is 430 g/mol. The molecule has 0 unspecified atom stereocenters. The number of rotatable bonds is 7. The van der Waals surface area contributed by atoms with Gasteiger partial charge in [-0.05, 0) is 37.0 Å². The molecule has 1 aliphatic rings. The van der Waals surface area contributed by atoms with E-state index < -0.39 is 37.9 Å². The smallest absolute Gasteiger partial charge is 0.333 e. The summed E-state index contributed by atoms with van der Waals surface area (Å²) in [7, 11) is -2.00. The highest BCUT2D eigenvalue weighted by atomic mass is 28.4. The van der Waals surface area contributed by atoms with Crippen LogP contribution >= 0.6 is 0 Å². The lowest BCUT2D eigenvalue weighted by molar-refractivity contribution is -0.149. The molecule has 0 radical (unpaired) electrons. The van der Waals surface area contributed by atoms with Crippen LogP contribution in [0.25, 0.3) is 0 Å². The van der Waals surface area contributed by atoms with Gasteiger partial charge in [0.1, 0.15) is 6.61 Å². The van der Waals surface area contributed by atoms with Gasteiger partial charge in [-0.2, -0.15) is 4.39 Å². The van der Waals surface area contributed by atoms with Crippen molar-refractivity contribution < 1.29 is 32.6 Å². The van der Waals surface area contributed by atoms with Crippen LogP contribution in [0.3, 0.4) is 0 Å². The average Bonchev–Trinajstić information content (AvgIpc) is 2.90. The zero-order valence-electron chi connectivity index (χ0n) is 18.2. The molecule has 29 heavy (non-hydrogen) atoms. The first-order chi connectivity index (χ1) is 13.3. The lowest BCUT2D eigenvalue weighted by Gasteiger charge is -2.36. The van der Waals surface area contributed by atoms with E-state index in [9.17, 15) is 18.7 Å². The van der Waals surface area contributed by atoms with Crippen LogP contribution in [-0.2, 0) is 14.0 Å². The standard InChI is InChI=1S/C21H32F2O5Si/c1-12-13(2)28-19(20(24)25)16(12)14-8-9-15(22)17(23)18(14)26-10-11-27-29(6,7)21(3,4)5/h8-9,12-13,16,19H,10-11H2,1-7H3,(H,24,25)/t12-,13-,16+,19-/m1/s1. The van der Waals surface area contributed by atoms with Gasteiger partial charge in [-0.15, -0.1) is 0 Å². The first-order valence-corrected chi connectivity index (χ1v) is 12.8. The van der Waals surface area contributed by atoms with E-state index in [0.717, 1.165) is 6.07 Å². The third kappa shape index (κ3) is 4.98. The first-order valence-electron chi connectivity index (χ1n) is 9.91. The van der Waals surface area contributed by atoms with Crippen molar-refractivity contribution in [2.24, 2.45) is 5.92 Å². The lowest BCUT2D eigenvalue weighted by atomic mass is 9.82. The Morgan fingerprint density at radius 3 is 2.38 bits per heavy atom. The number of hydrogen-bond donors (Lipinski definition) is 1. The minimum absolute atomic E-state index is 0.0176. The van der Waals surface area contributed by atoms with Crippen LogP contribution in [0.1, 0.15) is 46.1 Å². The van der Waals surface area contributed by atoms with Gasteiger partial charge in [-0.1, -0.05) is 33.8 Å². The Morgan fingerprint density at radius 1 is 1.21 bits per heavy atom. The fraction of sp³-hybridized carbons (Fsp3) is 0.667. The Morgan fingerprint density at radius 2 is 1.83 bits per heavy atom. The zero-order valence-corrected chi connectivity index (χ0v) is 19.2. The van der Waals surface area contributed by atoms with Gasteiger partial charge < -0.3 is 19.0 Å². The molecule has 1 heterocycles. The topological polar surface area (TPSA) is 65.0 Å². The molecule has 1 aliphatic heterocycles. The predicted molar refractivity (Wildman–Crippen MR) is 109 cm³/mol. The SMILES string of the molecule is C[C@H]1[C@@H](c2ccc(F)c(F)c2OCCO[Si](C)(C)C(C)(C)C)[C@H](C(=O)O)O[C@@H]1C. The maximum absolute atomic E-state index is 14.6. The van der Waals surface area contributed by atoms with Crippen LogP contribution in [0, 0.1) is 17.6 Å². The molecule has 164 valence electrons. The fourth-order valence-electron chi connectivity index (χ4n) is 3.28. The van der Waals surface area contributed by atoms with Crippen molar-refractivity contribution in [2.45, 2.75) is 70.9 Å². The van der Waals surface area contributed by atoms with Gasteiger partial charge in [0.25, 0.3) is 0 Å². The number of hydrogen-bond acceptors (Lipinski definition) is 4. The molecule has 2 rings (SSSR count). The Hall–Kier alpha value is -1.51. The molecule has 0 saturated carbocycles. The van der Waals surface area contributed by atoms with E-state index in [1.165, 1.54) is 6.07 Å². The highest BCUT2D eigenvalue weighted by Gasteiger charge is 2.46. The maximum atomic E-state index is 14.6. The van der Waals surface area contributed by atoms with Gasteiger partial charge in [-0.25, -0.2) is 9.18 Å². The molecule has 1 aromatic carbocycles. The maximum Gasteiger partial charge on any atom is 0.333 e. The van der Waals surface area contributed by atoms with E-state index in [2.05, 4.69) is 33.9 Å². The van der Waals surface area contributed by atoms with Crippen LogP contribution < -0.4 is 4.74 Å². The molecular formula is C21H32F2O5Si. The van der Waals surface area contributed by atoms with E-state index in [4.69, 9.17) is 13.9 Å². The molecule has 0 amide bonds. The first kappa shape index (κ1) is 23.8. The second kappa shape index (κ2) is 8.69. The number of ether oxygens (including phenoxy) is 2. The summed E-state index contributed by atoms with van der Waals surface area (Å²) in [4.78, 5) is 11.7. The summed E-state index contributed by atoms with van der Waals surface area (Å²) in [5.74, 6) is -4.40. The Labute approximate surface area is 172 Å². The third-order valence-electron chi connectivity index (χ3n) is 6.28. The number of benzene rings is 1. The Bertz CT molecular complexity index is 747. The van der Waals surface area contributed by atoms with Gasteiger partial charge in [0.05, 0.1) is 12.7 Å². The van der Waals surface area contributed by atoms with E-state index >= 15 is 0 Å². The quantitative estimate of drug-likeness (QED) is 0.489. The van der Waals surface area contributed by atoms with Gasteiger partial charge >= 0.3 is 5.97 Å². The molecule has 1 fully saturated rings. The van der Waals surface area contributed by atoms with Crippen molar-refractivity contribution in [3.8, 4) is 5.75 Å². The summed E-state index contributed by atoms with van der Waals surface area (Å²) in [5, 5.41) is 9.54. The molecule has 4 atom stereocenters. The van der Waals surface area contributed by atoms with E-state index in [1.807, 2.05) is 6.92 Å². The molecule has 8 heteroatoms. The number of aliphatic carboxylic acids is 1. The van der Waals surface area contributed by atoms with Gasteiger partial charge in [0, 0.05) is 11.5 Å². The molecule has 5 nitrogen and oxygen atoms in total. The third-order valence-corrected chi connectivity index (χ3v) is 10.8. The molecule has 1 saturated heterocycles. The summed E-state index contributed by atoms with van der Waals surface area (Å²) in [5.41, 5.74) is 0.306. The Kier molecular flexibility index (Phi) is 7.12. The van der Waals surface area contributed by atoms with Crippen LogP contribution in [-0.4, -0.2) is 44.8 Å². The van der Waals surface area contributed by atoms with E-state index in [-0.39, 0.29) is 36.0 Å². The lowest BCUT2D eigenvalue weighted by Crippen LogP contribution is -2.41. The Balaban J connectivity index is 2.24. The van der Waals surface area contributed by atoms with Crippen molar-refractivity contribution in [3.05, 3.63) is 29.3 Å². The summed E-state index contributed by atoms with van der Waals surface area (Å²) in [6.07, 6.45) is -1.47. The number of carboxylic acids is 1.